The number of hydrogen-bond donors (Lipinski definition) is 1. The summed E-state index contributed by atoms with van der Waals surface area (Å²) in [5, 5.41) is 3.50. The number of aryl methyl sites for hydroxylation is 2. The molecule has 1 saturated carbocycles. The summed E-state index contributed by atoms with van der Waals surface area (Å²) in [4.78, 5) is 0. The number of rotatable bonds is 5. The van der Waals surface area contributed by atoms with Gasteiger partial charge in [0.15, 0.2) is 0 Å². The van der Waals surface area contributed by atoms with E-state index in [1.807, 2.05) is 0 Å². The summed E-state index contributed by atoms with van der Waals surface area (Å²) < 4.78 is 0. The second kappa shape index (κ2) is 5.68. The molecular formula is C16H25N. The Morgan fingerprint density at radius 2 is 1.76 bits per heavy atom. The van der Waals surface area contributed by atoms with Gasteiger partial charge in [0, 0.05) is 0 Å². The van der Waals surface area contributed by atoms with Gasteiger partial charge in [0.05, 0.1) is 0 Å². The zero-order chi connectivity index (χ0) is 12.3. The van der Waals surface area contributed by atoms with Gasteiger partial charge in [0.2, 0.25) is 0 Å². The van der Waals surface area contributed by atoms with E-state index in [1.165, 1.54) is 36.9 Å². The summed E-state index contributed by atoms with van der Waals surface area (Å²) in [6.45, 7) is 9.01. The summed E-state index contributed by atoms with van der Waals surface area (Å²) in [5.41, 5.74) is 4.54. The van der Waals surface area contributed by atoms with Crippen LogP contribution in [0.5, 0.6) is 0 Å². The Labute approximate surface area is 106 Å². The average molecular weight is 231 g/mol. The molecule has 94 valence electrons. The molecular weight excluding hydrogens is 206 g/mol. The summed E-state index contributed by atoms with van der Waals surface area (Å²) >= 11 is 0. The van der Waals surface area contributed by atoms with Gasteiger partial charge in [-0.1, -0.05) is 25.1 Å². The molecule has 0 amide bonds. The second-order valence-corrected chi connectivity index (χ2v) is 5.48. The fraction of sp³-hybridized carbons (Fsp3) is 0.625. The molecule has 1 aromatic rings. The van der Waals surface area contributed by atoms with Crippen molar-refractivity contribution in [1.29, 1.82) is 0 Å². The quantitative estimate of drug-likeness (QED) is 0.818. The highest BCUT2D eigenvalue weighted by atomic mass is 14.9. The zero-order valence-electron chi connectivity index (χ0n) is 11.4. The third-order valence-electron chi connectivity index (χ3n) is 4.34. The van der Waals surface area contributed by atoms with Crippen LogP contribution in [0.15, 0.2) is 18.2 Å². The molecule has 2 atom stereocenters. The molecule has 0 spiro atoms. The van der Waals surface area contributed by atoms with Crippen molar-refractivity contribution in [2.75, 3.05) is 13.1 Å². The molecule has 0 bridgehead atoms. The molecule has 17 heavy (non-hydrogen) atoms. The van der Waals surface area contributed by atoms with E-state index in [2.05, 4.69) is 44.3 Å². The van der Waals surface area contributed by atoms with E-state index in [9.17, 15) is 0 Å². The molecule has 2 unspecified atom stereocenters. The molecule has 1 aliphatic carbocycles. The van der Waals surface area contributed by atoms with Crippen molar-refractivity contribution in [3.63, 3.8) is 0 Å². The third kappa shape index (κ3) is 2.90. The first kappa shape index (κ1) is 12.6. The molecule has 1 fully saturated rings. The van der Waals surface area contributed by atoms with Gasteiger partial charge < -0.3 is 5.32 Å². The van der Waals surface area contributed by atoms with E-state index in [0.717, 1.165) is 18.4 Å². The Kier molecular flexibility index (Phi) is 4.22. The van der Waals surface area contributed by atoms with Crippen molar-refractivity contribution in [3.8, 4) is 0 Å². The topological polar surface area (TPSA) is 12.0 Å². The van der Waals surface area contributed by atoms with Gasteiger partial charge in [-0.3, -0.25) is 0 Å². The van der Waals surface area contributed by atoms with Crippen LogP contribution >= 0.6 is 0 Å². The zero-order valence-corrected chi connectivity index (χ0v) is 11.4. The first-order valence-corrected chi connectivity index (χ1v) is 6.98. The normalized spacial score (nSPS) is 23.5. The molecule has 1 heteroatoms. The third-order valence-corrected chi connectivity index (χ3v) is 4.34. The molecule has 0 aromatic heterocycles. The molecule has 1 nitrogen and oxygen atoms in total. The van der Waals surface area contributed by atoms with Gasteiger partial charge in [-0.15, -0.1) is 0 Å². The molecule has 0 aliphatic heterocycles. The van der Waals surface area contributed by atoms with Crippen molar-refractivity contribution >= 4 is 0 Å². The van der Waals surface area contributed by atoms with Gasteiger partial charge >= 0.3 is 0 Å². The lowest BCUT2D eigenvalue weighted by Crippen LogP contribution is -2.36. The van der Waals surface area contributed by atoms with Crippen LogP contribution in [0, 0.1) is 25.7 Å². The lowest BCUT2D eigenvalue weighted by atomic mass is 9.70. The van der Waals surface area contributed by atoms with Crippen LogP contribution in [0.2, 0.25) is 0 Å². The molecule has 0 radical (unpaired) electrons. The minimum Gasteiger partial charge on any atom is -0.317 e. The lowest BCUT2D eigenvalue weighted by molar-refractivity contribution is 0.171. The van der Waals surface area contributed by atoms with Crippen molar-refractivity contribution in [2.24, 2.45) is 11.8 Å². The van der Waals surface area contributed by atoms with E-state index in [0.29, 0.717) is 0 Å². The van der Waals surface area contributed by atoms with E-state index in [4.69, 9.17) is 0 Å². The largest absolute Gasteiger partial charge is 0.317 e. The molecule has 0 saturated heterocycles. The Balaban J connectivity index is 1.97. The SMILES string of the molecule is CCNCC1CCC1Cc1c(C)cccc1C. The first-order valence-electron chi connectivity index (χ1n) is 6.98. The Bertz CT molecular complexity index is 350. The molecule has 1 N–H and O–H groups in total. The predicted octanol–water partition coefficient (Wildman–Crippen LogP) is 3.48. The Morgan fingerprint density at radius 1 is 1.12 bits per heavy atom. The van der Waals surface area contributed by atoms with Gasteiger partial charge in [0.1, 0.15) is 0 Å². The average Bonchev–Trinajstić information content (AvgIpc) is 2.27. The van der Waals surface area contributed by atoms with Crippen LogP contribution in [0.4, 0.5) is 0 Å². The smallest absolute Gasteiger partial charge is 0.00179 e. The standard InChI is InChI=1S/C16H25N/c1-4-17-11-15-9-8-14(15)10-16-12(2)6-5-7-13(16)3/h5-7,14-15,17H,4,8-11H2,1-3H3. The van der Waals surface area contributed by atoms with Gasteiger partial charge in [-0.05, 0) is 74.7 Å². The van der Waals surface area contributed by atoms with Crippen LogP contribution in [-0.2, 0) is 6.42 Å². The van der Waals surface area contributed by atoms with Crippen LogP contribution < -0.4 is 5.32 Å². The van der Waals surface area contributed by atoms with Gasteiger partial charge in [-0.2, -0.15) is 0 Å². The maximum atomic E-state index is 3.50. The van der Waals surface area contributed by atoms with E-state index in [-0.39, 0.29) is 0 Å². The highest BCUT2D eigenvalue weighted by Crippen LogP contribution is 2.37. The van der Waals surface area contributed by atoms with E-state index < -0.39 is 0 Å². The minimum absolute atomic E-state index is 0.911. The van der Waals surface area contributed by atoms with Crippen molar-refractivity contribution < 1.29 is 0 Å². The maximum Gasteiger partial charge on any atom is -0.00179 e. The highest BCUT2D eigenvalue weighted by Gasteiger charge is 2.30. The first-order chi connectivity index (χ1) is 8.22. The monoisotopic (exact) mass is 231 g/mol. The summed E-state index contributed by atoms with van der Waals surface area (Å²) in [7, 11) is 0. The second-order valence-electron chi connectivity index (χ2n) is 5.48. The van der Waals surface area contributed by atoms with Crippen LogP contribution in [0.3, 0.4) is 0 Å². The van der Waals surface area contributed by atoms with Crippen LogP contribution in [0.25, 0.3) is 0 Å². The molecule has 1 aromatic carbocycles. The van der Waals surface area contributed by atoms with Crippen molar-refractivity contribution in [1.82, 2.24) is 5.32 Å². The van der Waals surface area contributed by atoms with Gasteiger partial charge in [-0.25, -0.2) is 0 Å². The van der Waals surface area contributed by atoms with Crippen LogP contribution in [-0.4, -0.2) is 13.1 Å². The number of nitrogens with one attached hydrogen (secondary N) is 1. The van der Waals surface area contributed by atoms with Crippen LogP contribution in [0.1, 0.15) is 36.5 Å². The Hall–Kier alpha value is -0.820. The molecule has 1 aliphatic rings. The maximum absolute atomic E-state index is 3.50. The number of hydrogen-bond acceptors (Lipinski definition) is 1. The highest BCUT2D eigenvalue weighted by molar-refractivity contribution is 5.34. The summed E-state index contributed by atoms with van der Waals surface area (Å²) in [6.07, 6.45) is 4.13. The van der Waals surface area contributed by atoms with E-state index >= 15 is 0 Å². The minimum atomic E-state index is 0.911. The summed E-state index contributed by atoms with van der Waals surface area (Å²) in [5.74, 6) is 1.82. The van der Waals surface area contributed by atoms with Gasteiger partial charge in [0.25, 0.3) is 0 Å². The van der Waals surface area contributed by atoms with Crippen molar-refractivity contribution in [3.05, 3.63) is 34.9 Å². The number of benzene rings is 1. The molecule has 2 rings (SSSR count). The lowest BCUT2D eigenvalue weighted by Gasteiger charge is -2.37. The van der Waals surface area contributed by atoms with Crippen molar-refractivity contribution in [2.45, 2.75) is 40.0 Å². The van der Waals surface area contributed by atoms with E-state index in [1.54, 1.807) is 5.56 Å². The summed E-state index contributed by atoms with van der Waals surface area (Å²) in [6, 6.07) is 6.67. The molecule has 0 heterocycles. The fourth-order valence-corrected chi connectivity index (χ4v) is 2.94. The Morgan fingerprint density at radius 3 is 2.29 bits per heavy atom. The predicted molar refractivity (Wildman–Crippen MR) is 74.4 cm³/mol. The fourth-order valence-electron chi connectivity index (χ4n) is 2.94.